The summed E-state index contributed by atoms with van der Waals surface area (Å²) in [5.41, 5.74) is 0.422. The molecule has 2 heterocycles. The number of aromatic nitrogens is 1. The van der Waals surface area contributed by atoms with Crippen molar-refractivity contribution in [3.63, 3.8) is 0 Å². The Kier molecular flexibility index (Phi) is 6.71. The Morgan fingerprint density at radius 2 is 1.83 bits per heavy atom. The standard InChI is InChI=1S/C21H28N2O5S2/c1-21(2,3)28-20(24)23-11-9-15(10-12-23)14-27-19-22-13-18(29-19)16-5-7-17(8-6-16)30(4,25)26/h5-8,13,15H,9-12,14H2,1-4H3. The maximum absolute atomic E-state index is 12.1. The normalized spacial score (nSPS) is 15.8. The summed E-state index contributed by atoms with van der Waals surface area (Å²) in [6, 6.07) is 6.76. The third-order valence-corrected chi connectivity index (χ3v) is 6.85. The second-order valence-electron chi connectivity index (χ2n) is 8.51. The van der Waals surface area contributed by atoms with E-state index in [9.17, 15) is 13.2 Å². The average Bonchev–Trinajstić information content (AvgIpc) is 3.14. The molecule has 0 radical (unpaired) electrons. The first-order chi connectivity index (χ1) is 14.0. The number of carbonyl (C=O) groups is 1. The van der Waals surface area contributed by atoms with Gasteiger partial charge in [-0.25, -0.2) is 18.2 Å². The highest BCUT2D eigenvalue weighted by molar-refractivity contribution is 7.90. The fraction of sp³-hybridized carbons (Fsp3) is 0.524. The van der Waals surface area contributed by atoms with Crippen molar-refractivity contribution in [2.75, 3.05) is 26.0 Å². The summed E-state index contributed by atoms with van der Waals surface area (Å²) < 4.78 is 34.5. The average molecular weight is 453 g/mol. The van der Waals surface area contributed by atoms with Crippen LogP contribution in [0.3, 0.4) is 0 Å². The fourth-order valence-corrected chi connectivity index (χ4v) is 4.53. The van der Waals surface area contributed by atoms with Gasteiger partial charge in [0.1, 0.15) is 5.60 Å². The first-order valence-corrected chi connectivity index (χ1v) is 12.6. The molecule has 0 aliphatic carbocycles. The fourth-order valence-electron chi connectivity index (χ4n) is 3.12. The molecule has 1 aromatic carbocycles. The number of carbonyl (C=O) groups excluding carboxylic acids is 1. The molecule has 30 heavy (non-hydrogen) atoms. The molecule has 164 valence electrons. The number of hydrogen-bond donors (Lipinski definition) is 0. The number of amides is 1. The lowest BCUT2D eigenvalue weighted by molar-refractivity contribution is 0.0165. The van der Waals surface area contributed by atoms with Crippen LogP contribution in [0, 0.1) is 5.92 Å². The van der Waals surface area contributed by atoms with Crippen LogP contribution in [0.4, 0.5) is 4.79 Å². The van der Waals surface area contributed by atoms with Gasteiger partial charge >= 0.3 is 6.09 Å². The highest BCUT2D eigenvalue weighted by atomic mass is 32.2. The zero-order chi connectivity index (χ0) is 21.9. The third kappa shape index (κ3) is 6.18. The van der Waals surface area contributed by atoms with Crippen molar-refractivity contribution in [3.8, 4) is 15.6 Å². The molecule has 1 aliphatic rings. The summed E-state index contributed by atoms with van der Waals surface area (Å²) in [6.07, 6.45) is 4.40. The van der Waals surface area contributed by atoms with Gasteiger partial charge in [0.05, 0.1) is 16.4 Å². The van der Waals surface area contributed by atoms with E-state index in [1.807, 2.05) is 20.8 Å². The van der Waals surface area contributed by atoms with Crippen molar-refractivity contribution >= 4 is 27.3 Å². The van der Waals surface area contributed by atoms with Crippen LogP contribution in [0.15, 0.2) is 35.4 Å². The van der Waals surface area contributed by atoms with Crippen LogP contribution >= 0.6 is 11.3 Å². The van der Waals surface area contributed by atoms with E-state index < -0.39 is 15.4 Å². The minimum atomic E-state index is -3.21. The number of benzene rings is 1. The molecule has 1 aliphatic heterocycles. The van der Waals surface area contributed by atoms with Crippen molar-refractivity contribution in [3.05, 3.63) is 30.5 Å². The number of likely N-dealkylation sites (tertiary alicyclic amines) is 1. The van der Waals surface area contributed by atoms with Crippen LogP contribution < -0.4 is 4.74 Å². The van der Waals surface area contributed by atoms with E-state index in [0.29, 0.717) is 35.7 Å². The Hall–Kier alpha value is -2.13. The molecule has 1 aromatic heterocycles. The summed E-state index contributed by atoms with van der Waals surface area (Å²) in [7, 11) is -3.21. The molecule has 0 saturated carbocycles. The minimum absolute atomic E-state index is 0.256. The predicted octanol–water partition coefficient (Wildman–Crippen LogP) is 4.24. The Morgan fingerprint density at radius 3 is 2.40 bits per heavy atom. The first kappa shape index (κ1) is 22.6. The van der Waals surface area contributed by atoms with Crippen LogP contribution in [0.25, 0.3) is 10.4 Å². The quantitative estimate of drug-likeness (QED) is 0.674. The lowest BCUT2D eigenvalue weighted by Crippen LogP contribution is -2.42. The molecular weight excluding hydrogens is 424 g/mol. The lowest BCUT2D eigenvalue weighted by atomic mass is 9.98. The second-order valence-corrected chi connectivity index (χ2v) is 11.5. The van der Waals surface area contributed by atoms with Crippen LogP contribution in [0.1, 0.15) is 33.6 Å². The summed E-state index contributed by atoms with van der Waals surface area (Å²) in [6.45, 7) is 7.50. The van der Waals surface area contributed by atoms with Gasteiger partial charge in [0.15, 0.2) is 9.84 Å². The van der Waals surface area contributed by atoms with E-state index >= 15 is 0 Å². The van der Waals surface area contributed by atoms with Crippen molar-refractivity contribution in [2.24, 2.45) is 5.92 Å². The Morgan fingerprint density at radius 1 is 1.20 bits per heavy atom. The Balaban J connectivity index is 1.49. The number of ether oxygens (including phenoxy) is 2. The highest BCUT2D eigenvalue weighted by Crippen LogP contribution is 2.31. The SMILES string of the molecule is CC(C)(C)OC(=O)N1CCC(COc2ncc(-c3ccc(S(C)(=O)=O)cc3)s2)CC1. The summed E-state index contributed by atoms with van der Waals surface area (Å²) in [5.74, 6) is 0.366. The molecule has 0 unspecified atom stereocenters. The zero-order valence-electron chi connectivity index (χ0n) is 17.8. The number of sulfone groups is 1. The molecular formula is C21H28N2O5S2. The van der Waals surface area contributed by atoms with Crippen molar-refractivity contribution in [1.82, 2.24) is 9.88 Å². The van der Waals surface area contributed by atoms with Crippen LogP contribution in [0.2, 0.25) is 0 Å². The van der Waals surface area contributed by atoms with E-state index in [-0.39, 0.29) is 6.09 Å². The van der Waals surface area contributed by atoms with Gasteiger partial charge in [-0.15, -0.1) is 0 Å². The third-order valence-electron chi connectivity index (χ3n) is 4.76. The molecule has 7 nitrogen and oxygen atoms in total. The van der Waals surface area contributed by atoms with Crippen LogP contribution in [-0.2, 0) is 14.6 Å². The number of piperidine rings is 1. The molecule has 1 saturated heterocycles. The smallest absolute Gasteiger partial charge is 0.410 e. The van der Waals surface area contributed by atoms with E-state index in [1.165, 1.54) is 17.6 Å². The largest absolute Gasteiger partial charge is 0.470 e. The number of thiazole rings is 1. The molecule has 0 spiro atoms. The first-order valence-electron chi connectivity index (χ1n) is 9.88. The minimum Gasteiger partial charge on any atom is -0.470 e. The lowest BCUT2D eigenvalue weighted by Gasteiger charge is -2.33. The molecule has 9 heteroatoms. The summed E-state index contributed by atoms with van der Waals surface area (Å²) in [4.78, 5) is 19.4. The molecule has 0 bridgehead atoms. The molecule has 1 amide bonds. The second kappa shape index (κ2) is 8.93. The van der Waals surface area contributed by atoms with Gasteiger partial charge in [-0.05, 0) is 57.2 Å². The molecule has 2 aromatic rings. The number of nitrogens with zero attached hydrogens (tertiary/aromatic N) is 2. The van der Waals surface area contributed by atoms with Crippen LogP contribution in [-0.4, -0.2) is 55.9 Å². The highest BCUT2D eigenvalue weighted by Gasteiger charge is 2.27. The van der Waals surface area contributed by atoms with Gasteiger partial charge in [-0.2, -0.15) is 0 Å². The van der Waals surface area contributed by atoms with E-state index in [1.54, 1.807) is 35.4 Å². The van der Waals surface area contributed by atoms with Crippen molar-refractivity contribution in [1.29, 1.82) is 0 Å². The van der Waals surface area contributed by atoms with Gasteiger partial charge in [0, 0.05) is 25.5 Å². The van der Waals surface area contributed by atoms with Gasteiger partial charge < -0.3 is 14.4 Å². The maximum Gasteiger partial charge on any atom is 0.410 e. The zero-order valence-corrected chi connectivity index (χ0v) is 19.4. The van der Waals surface area contributed by atoms with E-state index in [0.717, 1.165) is 23.3 Å². The van der Waals surface area contributed by atoms with Crippen LogP contribution in [0.5, 0.6) is 5.19 Å². The predicted molar refractivity (Wildman–Crippen MR) is 117 cm³/mol. The summed E-state index contributed by atoms with van der Waals surface area (Å²) in [5, 5.41) is 0.590. The van der Waals surface area contributed by atoms with Gasteiger partial charge in [0.2, 0.25) is 0 Å². The number of hydrogen-bond acceptors (Lipinski definition) is 7. The number of rotatable bonds is 5. The van der Waals surface area contributed by atoms with Gasteiger partial charge in [-0.3, -0.25) is 0 Å². The van der Waals surface area contributed by atoms with Gasteiger partial charge in [0.25, 0.3) is 5.19 Å². The topological polar surface area (TPSA) is 85.8 Å². The monoisotopic (exact) mass is 452 g/mol. The van der Waals surface area contributed by atoms with Gasteiger partial charge in [-0.1, -0.05) is 23.5 Å². The summed E-state index contributed by atoms with van der Waals surface area (Å²) >= 11 is 1.43. The van der Waals surface area contributed by atoms with E-state index in [2.05, 4.69) is 4.98 Å². The molecule has 3 rings (SSSR count). The molecule has 1 fully saturated rings. The van der Waals surface area contributed by atoms with E-state index in [4.69, 9.17) is 9.47 Å². The molecule has 0 atom stereocenters. The Labute approximate surface area is 181 Å². The maximum atomic E-state index is 12.1. The molecule has 0 N–H and O–H groups in total. The Bertz CT molecular complexity index is 970. The van der Waals surface area contributed by atoms with Crippen molar-refractivity contribution in [2.45, 2.75) is 44.1 Å². The van der Waals surface area contributed by atoms with Crippen molar-refractivity contribution < 1.29 is 22.7 Å².